The van der Waals surface area contributed by atoms with Gasteiger partial charge in [-0.05, 0) is 17.5 Å². The highest BCUT2D eigenvalue weighted by Gasteiger charge is 2.24. The Morgan fingerprint density at radius 1 is 0.969 bits per heavy atom. The van der Waals surface area contributed by atoms with Crippen molar-refractivity contribution in [3.05, 3.63) is 84.3 Å². The minimum Gasteiger partial charge on any atom is -0.480 e. The molecule has 0 bridgehead atoms. The second kappa shape index (κ2) is 12.7. The van der Waals surface area contributed by atoms with Gasteiger partial charge in [-0.15, -0.1) is 12.4 Å². The summed E-state index contributed by atoms with van der Waals surface area (Å²) in [5, 5.41) is 12.5. The molecule has 7 heteroatoms. The zero-order chi connectivity index (χ0) is 22.1. The zero-order valence-corrected chi connectivity index (χ0v) is 19.0. The molecule has 1 amide bonds. The summed E-state index contributed by atoms with van der Waals surface area (Å²) in [4.78, 5) is 29.2. The Kier molecular flexibility index (Phi) is 9.95. The Labute approximate surface area is 195 Å². The molecule has 0 aliphatic carbocycles. The summed E-state index contributed by atoms with van der Waals surface area (Å²) in [6.45, 7) is 2.12. The molecule has 1 unspecified atom stereocenters. The lowest BCUT2D eigenvalue weighted by Gasteiger charge is -2.17. The fourth-order valence-electron chi connectivity index (χ4n) is 3.72. The Balaban J connectivity index is 0.00000363. The number of carboxylic acid groups (broad SMARTS) is 1. The van der Waals surface area contributed by atoms with Gasteiger partial charge in [0.05, 0.1) is 12.2 Å². The minimum absolute atomic E-state index is 0. The highest BCUT2D eigenvalue weighted by atomic mass is 35.5. The van der Waals surface area contributed by atoms with E-state index in [1.807, 2.05) is 60.7 Å². The average Bonchev–Trinajstić information content (AvgIpc) is 3.23. The number of aromatic nitrogens is 2. The third kappa shape index (κ3) is 6.69. The van der Waals surface area contributed by atoms with E-state index in [1.165, 1.54) is 6.33 Å². The summed E-state index contributed by atoms with van der Waals surface area (Å²) in [6, 6.07) is 18.5. The van der Waals surface area contributed by atoms with Gasteiger partial charge in [0.25, 0.3) is 0 Å². The number of amides is 1. The lowest BCUT2D eigenvalue weighted by atomic mass is 9.90. The normalized spacial score (nSPS) is 11.6. The number of hydrogen-bond donors (Lipinski definition) is 2. The number of imidazole rings is 1. The molecule has 0 aliphatic heterocycles. The SMILES string of the molecule is CCCCCCC(C(=O)O)n1cnc(NC(=O)C(c2ccccc2)c2ccccc2)c1.Cl. The molecule has 2 aromatic carbocycles. The second-order valence-electron chi connectivity index (χ2n) is 7.65. The van der Waals surface area contributed by atoms with Crippen LogP contribution in [0.15, 0.2) is 73.2 Å². The Bertz CT molecular complexity index is 937. The third-order valence-electron chi connectivity index (χ3n) is 5.36. The van der Waals surface area contributed by atoms with Crippen LogP contribution in [0.1, 0.15) is 62.1 Å². The van der Waals surface area contributed by atoms with Crippen molar-refractivity contribution in [2.75, 3.05) is 5.32 Å². The topological polar surface area (TPSA) is 84.2 Å². The Hall–Kier alpha value is -3.12. The number of carboxylic acids is 1. The molecule has 6 nitrogen and oxygen atoms in total. The monoisotopic (exact) mass is 455 g/mol. The maximum absolute atomic E-state index is 13.2. The molecular weight excluding hydrogens is 426 g/mol. The van der Waals surface area contributed by atoms with E-state index >= 15 is 0 Å². The van der Waals surface area contributed by atoms with Crippen LogP contribution in [0, 0.1) is 0 Å². The van der Waals surface area contributed by atoms with E-state index in [9.17, 15) is 14.7 Å². The lowest BCUT2D eigenvalue weighted by Crippen LogP contribution is -2.22. The van der Waals surface area contributed by atoms with Crippen LogP contribution in [0.25, 0.3) is 0 Å². The second-order valence-corrected chi connectivity index (χ2v) is 7.65. The first-order valence-electron chi connectivity index (χ1n) is 10.8. The number of nitrogens with one attached hydrogen (secondary N) is 1. The third-order valence-corrected chi connectivity index (χ3v) is 5.36. The zero-order valence-electron chi connectivity index (χ0n) is 18.2. The van der Waals surface area contributed by atoms with Gasteiger partial charge in [0.2, 0.25) is 5.91 Å². The van der Waals surface area contributed by atoms with E-state index in [4.69, 9.17) is 0 Å². The lowest BCUT2D eigenvalue weighted by molar-refractivity contribution is -0.141. The van der Waals surface area contributed by atoms with Crippen LogP contribution < -0.4 is 5.32 Å². The predicted octanol–water partition coefficient (Wildman–Crippen LogP) is 5.67. The first kappa shape index (κ1) is 25.1. The molecule has 0 spiro atoms. The summed E-state index contributed by atoms with van der Waals surface area (Å²) in [5.41, 5.74) is 1.76. The highest BCUT2D eigenvalue weighted by molar-refractivity contribution is 5.97. The predicted molar refractivity (Wildman–Crippen MR) is 128 cm³/mol. The van der Waals surface area contributed by atoms with Crippen LogP contribution in [0.2, 0.25) is 0 Å². The molecule has 0 aliphatic rings. The summed E-state index contributed by atoms with van der Waals surface area (Å²) >= 11 is 0. The summed E-state index contributed by atoms with van der Waals surface area (Å²) in [7, 11) is 0. The average molecular weight is 456 g/mol. The number of anilines is 1. The van der Waals surface area contributed by atoms with Crippen LogP contribution in [-0.4, -0.2) is 26.5 Å². The quantitative estimate of drug-likeness (QED) is 0.365. The van der Waals surface area contributed by atoms with E-state index < -0.39 is 17.9 Å². The van der Waals surface area contributed by atoms with Crippen LogP contribution in [0.4, 0.5) is 5.82 Å². The fourth-order valence-corrected chi connectivity index (χ4v) is 3.72. The summed E-state index contributed by atoms with van der Waals surface area (Å²) < 4.78 is 1.57. The van der Waals surface area contributed by atoms with Gasteiger partial charge in [-0.25, -0.2) is 9.78 Å². The number of carbonyl (C=O) groups excluding carboxylic acids is 1. The number of rotatable bonds is 11. The molecule has 170 valence electrons. The van der Waals surface area contributed by atoms with E-state index in [-0.39, 0.29) is 18.3 Å². The van der Waals surface area contributed by atoms with Crippen molar-refractivity contribution in [3.8, 4) is 0 Å². The maximum atomic E-state index is 13.2. The number of nitrogens with zero attached hydrogens (tertiary/aromatic N) is 2. The molecule has 32 heavy (non-hydrogen) atoms. The molecule has 0 saturated carbocycles. The summed E-state index contributed by atoms with van der Waals surface area (Å²) in [5.74, 6) is -1.24. The number of unbranched alkanes of at least 4 members (excludes halogenated alkanes) is 3. The van der Waals surface area contributed by atoms with Crippen LogP contribution in [0.3, 0.4) is 0 Å². The highest BCUT2D eigenvalue weighted by Crippen LogP contribution is 2.26. The number of aliphatic carboxylic acids is 1. The Morgan fingerprint density at radius 3 is 2.09 bits per heavy atom. The fraction of sp³-hybridized carbons (Fsp3) is 0.320. The standard InChI is InChI=1S/C25H29N3O3.ClH/c1-2-3-4-11-16-21(25(30)31)28-17-22(26-18-28)27-24(29)23(19-12-7-5-8-13-19)20-14-9-6-10-15-20;/h5-10,12-15,17-18,21,23H,2-4,11,16H2,1H3,(H,27,29)(H,30,31);1H. The minimum atomic E-state index is -0.891. The smallest absolute Gasteiger partial charge is 0.326 e. The van der Waals surface area contributed by atoms with Crippen molar-refractivity contribution in [1.82, 2.24) is 9.55 Å². The largest absolute Gasteiger partial charge is 0.480 e. The summed E-state index contributed by atoms with van der Waals surface area (Å²) in [6.07, 6.45) is 7.66. The van der Waals surface area contributed by atoms with Crippen molar-refractivity contribution in [1.29, 1.82) is 0 Å². The van der Waals surface area contributed by atoms with Crippen LogP contribution in [0.5, 0.6) is 0 Å². The number of halogens is 1. The van der Waals surface area contributed by atoms with Crippen molar-refractivity contribution in [2.24, 2.45) is 0 Å². The van der Waals surface area contributed by atoms with Crippen LogP contribution in [-0.2, 0) is 9.59 Å². The number of benzene rings is 2. The molecule has 0 saturated heterocycles. The molecule has 0 fully saturated rings. The first-order valence-corrected chi connectivity index (χ1v) is 10.8. The number of hydrogen-bond acceptors (Lipinski definition) is 3. The van der Waals surface area contributed by atoms with Crippen molar-refractivity contribution in [3.63, 3.8) is 0 Å². The van der Waals surface area contributed by atoms with Gasteiger partial charge in [0.1, 0.15) is 6.04 Å². The van der Waals surface area contributed by atoms with E-state index in [2.05, 4.69) is 17.2 Å². The molecule has 3 aromatic rings. The van der Waals surface area contributed by atoms with E-state index in [0.717, 1.165) is 36.8 Å². The van der Waals surface area contributed by atoms with Gasteiger partial charge >= 0.3 is 5.97 Å². The maximum Gasteiger partial charge on any atom is 0.326 e. The van der Waals surface area contributed by atoms with Gasteiger partial charge < -0.3 is 15.0 Å². The molecular formula is C25H30ClN3O3. The van der Waals surface area contributed by atoms with E-state index in [0.29, 0.717) is 12.2 Å². The Morgan fingerprint density at radius 2 is 1.56 bits per heavy atom. The molecule has 3 rings (SSSR count). The van der Waals surface area contributed by atoms with Gasteiger partial charge in [-0.3, -0.25) is 4.79 Å². The van der Waals surface area contributed by atoms with Gasteiger partial charge in [-0.2, -0.15) is 0 Å². The van der Waals surface area contributed by atoms with Crippen molar-refractivity contribution < 1.29 is 14.7 Å². The van der Waals surface area contributed by atoms with Gasteiger partial charge in [-0.1, -0.05) is 93.3 Å². The molecule has 2 N–H and O–H groups in total. The van der Waals surface area contributed by atoms with Gasteiger partial charge in [0.15, 0.2) is 5.82 Å². The van der Waals surface area contributed by atoms with Crippen molar-refractivity contribution >= 4 is 30.1 Å². The van der Waals surface area contributed by atoms with Crippen molar-refractivity contribution in [2.45, 2.75) is 51.0 Å². The molecule has 1 aromatic heterocycles. The van der Waals surface area contributed by atoms with Crippen LogP contribution >= 0.6 is 12.4 Å². The molecule has 1 heterocycles. The van der Waals surface area contributed by atoms with Gasteiger partial charge in [0, 0.05) is 6.20 Å². The number of carbonyl (C=O) groups is 2. The first-order chi connectivity index (χ1) is 15.1. The molecule has 1 atom stereocenters. The molecule has 0 radical (unpaired) electrons. The van der Waals surface area contributed by atoms with E-state index in [1.54, 1.807) is 10.8 Å².